The third kappa shape index (κ3) is 3.58. The highest BCUT2D eigenvalue weighted by molar-refractivity contribution is 5.35. The molecule has 0 spiro atoms. The molecule has 0 atom stereocenters. The number of unbranched alkanes of at least 4 members (excludes halogenated alkanes) is 1. The van der Waals surface area contributed by atoms with E-state index in [9.17, 15) is 0 Å². The van der Waals surface area contributed by atoms with Crippen molar-refractivity contribution >= 4 is 5.95 Å². The first-order chi connectivity index (χ1) is 10.8. The number of rotatable bonds is 5. The van der Waals surface area contributed by atoms with Crippen LogP contribution in [0, 0.1) is 0 Å². The lowest BCUT2D eigenvalue weighted by Gasteiger charge is -2.35. The first-order valence-electron chi connectivity index (χ1n) is 8.84. The van der Waals surface area contributed by atoms with Crippen LogP contribution in [-0.4, -0.2) is 65.6 Å². The molecule has 0 aliphatic carbocycles. The fraction of sp³-hybridized carbons (Fsp3) is 0.765. The van der Waals surface area contributed by atoms with Gasteiger partial charge in [-0.25, -0.2) is 9.97 Å². The van der Waals surface area contributed by atoms with Gasteiger partial charge in [-0.2, -0.15) is 0 Å². The Morgan fingerprint density at radius 2 is 1.86 bits per heavy atom. The summed E-state index contributed by atoms with van der Waals surface area (Å²) in [4.78, 5) is 16.9. The number of piperazine rings is 1. The summed E-state index contributed by atoms with van der Waals surface area (Å²) in [5.74, 6) is 0.941. The molecule has 5 heteroatoms. The zero-order valence-electron chi connectivity index (χ0n) is 14.1. The minimum Gasteiger partial charge on any atom is -0.338 e. The van der Waals surface area contributed by atoms with Gasteiger partial charge in [-0.3, -0.25) is 4.90 Å². The van der Waals surface area contributed by atoms with Gasteiger partial charge < -0.3 is 9.80 Å². The lowest BCUT2D eigenvalue weighted by Crippen LogP contribution is -2.47. The van der Waals surface area contributed by atoms with Gasteiger partial charge in [-0.05, 0) is 19.5 Å². The Kier molecular flexibility index (Phi) is 5.26. The van der Waals surface area contributed by atoms with E-state index >= 15 is 0 Å². The topological polar surface area (TPSA) is 35.5 Å². The molecule has 0 radical (unpaired) electrons. The third-order valence-corrected chi connectivity index (χ3v) is 4.93. The molecule has 3 heterocycles. The van der Waals surface area contributed by atoms with Crippen LogP contribution in [0.2, 0.25) is 0 Å². The average molecular weight is 303 g/mol. The van der Waals surface area contributed by atoms with Crippen LogP contribution in [0.5, 0.6) is 0 Å². The molecule has 122 valence electrons. The predicted octanol–water partition coefficient (Wildman–Crippen LogP) is 1.78. The molecule has 0 amide bonds. The maximum absolute atomic E-state index is 4.87. The second-order valence-electron chi connectivity index (χ2n) is 6.44. The van der Waals surface area contributed by atoms with E-state index in [2.05, 4.69) is 39.7 Å². The fourth-order valence-electron chi connectivity index (χ4n) is 3.35. The number of likely N-dealkylation sites (N-methyl/N-ethyl adjacent to an activating group) is 1. The summed E-state index contributed by atoms with van der Waals surface area (Å²) < 4.78 is 0. The van der Waals surface area contributed by atoms with Crippen molar-refractivity contribution in [3.8, 4) is 0 Å². The molecule has 1 saturated heterocycles. The van der Waals surface area contributed by atoms with Crippen LogP contribution in [0.15, 0.2) is 6.20 Å². The molecule has 2 aliphatic heterocycles. The minimum atomic E-state index is 0.941. The molecule has 1 aromatic heterocycles. The highest BCUT2D eigenvalue weighted by Gasteiger charge is 2.21. The molecule has 0 saturated carbocycles. The van der Waals surface area contributed by atoms with Crippen molar-refractivity contribution in [2.45, 2.75) is 39.7 Å². The van der Waals surface area contributed by atoms with Crippen molar-refractivity contribution in [1.29, 1.82) is 0 Å². The Labute approximate surface area is 134 Å². The van der Waals surface area contributed by atoms with Crippen LogP contribution in [0.25, 0.3) is 0 Å². The number of hydrogen-bond donors (Lipinski definition) is 0. The van der Waals surface area contributed by atoms with E-state index in [4.69, 9.17) is 4.98 Å². The third-order valence-electron chi connectivity index (χ3n) is 4.93. The van der Waals surface area contributed by atoms with Crippen LogP contribution in [0.4, 0.5) is 5.95 Å². The summed E-state index contributed by atoms with van der Waals surface area (Å²) in [5.41, 5.74) is 2.61. The second-order valence-corrected chi connectivity index (χ2v) is 6.44. The van der Waals surface area contributed by atoms with E-state index in [-0.39, 0.29) is 0 Å². The van der Waals surface area contributed by atoms with Crippen LogP contribution < -0.4 is 4.90 Å². The van der Waals surface area contributed by atoms with Gasteiger partial charge in [0.2, 0.25) is 5.95 Å². The maximum Gasteiger partial charge on any atom is 0.225 e. The summed E-state index contributed by atoms with van der Waals surface area (Å²) in [6.07, 6.45) is 5.70. The van der Waals surface area contributed by atoms with Gasteiger partial charge in [0.05, 0.1) is 5.69 Å². The molecule has 22 heavy (non-hydrogen) atoms. The van der Waals surface area contributed by atoms with Gasteiger partial charge in [-0.15, -0.1) is 0 Å². The number of nitrogens with zero attached hydrogens (tertiary/aromatic N) is 5. The highest BCUT2D eigenvalue weighted by atomic mass is 15.3. The number of hydrogen-bond acceptors (Lipinski definition) is 5. The van der Waals surface area contributed by atoms with Crippen molar-refractivity contribution in [3.63, 3.8) is 0 Å². The summed E-state index contributed by atoms with van der Waals surface area (Å²) >= 11 is 0. The normalized spacial score (nSPS) is 20.2. The van der Waals surface area contributed by atoms with Crippen LogP contribution >= 0.6 is 0 Å². The van der Waals surface area contributed by atoms with E-state index in [0.717, 1.165) is 58.2 Å². The van der Waals surface area contributed by atoms with E-state index in [1.807, 2.05) is 0 Å². The molecule has 0 unspecified atom stereocenters. The smallest absolute Gasteiger partial charge is 0.225 e. The maximum atomic E-state index is 4.87. The number of fused-ring (bicyclic) bond motifs is 1. The minimum absolute atomic E-state index is 0.941. The molecule has 0 N–H and O–H groups in total. The molecule has 1 aromatic rings. The monoisotopic (exact) mass is 303 g/mol. The lowest BCUT2D eigenvalue weighted by atomic mass is 10.1. The van der Waals surface area contributed by atoms with Crippen LogP contribution in [0.1, 0.15) is 37.9 Å². The highest BCUT2D eigenvalue weighted by Crippen LogP contribution is 2.20. The van der Waals surface area contributed by atoms with E-state index < -0.39 is 0 Å². The predicted molar refractivity (Wildman–Crippen MR) is 90.2 cm³/mol. The van der Waals surface area contributed by atoms with Crippen molar-refractivity contribution in [2.75, 3.05) is 50.7 Å². The first kappa shape index (κ1) is 15.7. The van der Waals surface area contributed by atoms with Crippen molar-refractivity contribution in [2.24, 2.45) is 0 Å². The quantitative estimate of drug-likeness (QED) is 0.828. The molecular formula is C17H29N5. The SMILES string of the molecule is CCCCN1CCc2nc(N3CCN(CC)CC3)ncc2C1. The average Bonchev–Trinajstić information content (AvgIpc) is 2.59. The van der Waals surface area contributed by atoms with Crippen molar-refractivity contribution < 1.29 is 0 Å². The van der Waals surface area contributed by atoms with E-state index in [1.165, 1.54) is 30.6 Å². The van der Waals surface area contributed by atoms with Crippen molar-refractivity contribution in [3.05, 3.63) is 17.5 Å². The van der Waals surface area contributed by atoms with Gasteiger partial charge >= 0.3 is 0 Å². The fourth-order valence-corrected chi connectivity index (χ4v) is 3.35. The summed E-state index contributed by atoms with van der Waals surface area (Å²) in [6, 6.07) is 0. The summed E-state index contributed by atoms with van der Waals surface area (Å²) in [5, 5.41) is 0. The van der Waals surface area contributed by atoms with E-state index in [1.54, 1.807) is 0 Å². The van der Waals surface area contributed by atoms with Gasteiger partial charge in [0.1, 0.15) is 0 Å². The molecule has 0 aromatic carbocycles. The molecule has 0 bridgehead atoms. The zero-order valence-corrected chi connectivity index (χ0v) is 14.1. The summed E-state index contributed by atoms with van der Waals surface area (Å²) in [6.45, 7) is 13.4. The Hall–Kier alpha value is -1.20. The van der Waals surface area contributed by atoms with Gasteiger partial charge in [0.25, 0.3) is 0 Å². The Morgan fingerprint density at radius 3 is 2.59 bits per heavy atom. The molecule has 5 nitrogen and oxygen atoms in total. The molecular weight excluding hydrogens is 274 g/mol. The Bertz CT molecular complexity index is 482. The molecule has 3 rings (SSSR count). The lowest BCUT2D eigenvalue weighted by molar-refractivity contribution is 0.247. The van der Waals surface area contributed by atoms with Crippen LogP contribution in [0.3, 0.4) is 0 Å². The first-order valence-corrected chi connectivity index (χ1v) is 8.84. The Morgan fingerprint density at radius 1 is 1.05 bits per heavy atom. The zero-order chi connectivity index (χ0) is 15.4. The second kappa shape index (κ2) is 7.38. The standard InChI is InChI=1S/C17H29N5/c1-3-5-7-21-8-6-16-15(14-21)13-18-17(19-16)22-11-9-20(4-2)10-12-22/h13H,3-12,14H2,1-2H3. The van der Waals surface area contributed by atoms with Gasteiger partial charge in [0, 0.05) is 57.4 Å². The largest absolute Gasteiger partial charge is 0.338 e. The number of anilines is 1. The Balaban J connectivity index is 1.63. The molecule has 2 aliphatic rings. The molecule has 1 fully saturated rings. The number of aromatic nitrogens is 2. The van der Waals surface area contributed by atoms with Gasteiger partial charge in [0.15, 0.2) is 0 Å². The summed E-state index contributed by atoms with van der Waals surface area (Å²) in [7, 11) is 0. The van der Waals surface area contributed by atoms with Crippen LogP contribution in [-0.2, 0) is 13.0 Å². The van der Waals surface area contributed by atoms with E-state index in [0.29, 0.717) is 0 Å². The van der Waals surface area contributed by atoms with Crippen molar-refractivity contribution in [1.82, 2.24) is 19.8 Å². The van der Waals surface area contributed by atoms with Gasteiger partial charge in [-0.1, -0.05) is 20.3 Å².